The number of nitrogens with one attached hydrogen (secondary N) is 2. The smallest absolute Gasteiger partial charge is 0.224 e. The lowest BCUT2D eigenvalue weighted by Crippen LogP contribution is -2.26. The molecule has 2 aromatic carbocycles. The molecular formula is C24H22FN3O. The number of carbonyl (C=O) groups is 1. The summed E-state index contributed by atoms with van der Waals surface area (Å²) in [7, 11) is 0. The van der Waals surface area contributed by atoms with Gasteiger partial charge in [0.15, 0.2) is 0 Å². The Morgan fingerprint density at radius 1 is 0.966 bits per heavy atom. The molecule has 0 aliphatic heterocycles. The molecule has 0 unspecified atom stereocenters. The summed E-state index contributed by atoms with van der Waals surface area (Å²) in [5.74, 6) is -0.332. The Balaban J connectivity index is 1.25. The van der Waals surface area contributed by atoms with Crippen LogP contribution in [-0.4, -0.2) is 22.4 Å². The zero-order valence-corrected chi connectivity index (χ0v) is 16.0. The van der Waals surface area contributed by atoms with Gasteiger partial charge in [0.25, 0.3) is 0 Å². The summed E-state index contributed by atoms with van der Waals surface area (Å²) < 4.78 is 12.9. The summed E-state index contributed by atoms with van der Waals surface area (Å²) in [4.78, 5) is 19.5. The first-order valence-corrected chi connectivity index (χ1v) is 9.71. The molecule has 1 amide bonds. The second-order valence-electron chi connectivity index (χ2n) is 7.09. The van der Waals surface area contributed by atoms with Gasteiger partial charge in [-0.05, 0) is 53.8 Å². The van der Waals surface area contributed by atoms with Gasteiger partial charge in [0.2, 0.25) is 5.91 Å². The molecule has 0 saturated heterocycles. The van der Waals surface area contributed by atoms with Crippen molar-refractivity contribution >= 4 is 16.9 Å². The van der Waals surface area contributed by atoms with Crippen LogP contribution in [0.25, 0.3) is 22.2 Å². The van der Waals surface area contributed by atoms with Gasteiger partial charge in [0.05, 0.1) is 6.42 Å². The third kappa shape index (κ3) is 4.88. The van der Waals surface area contributed by atoms with E-state index in [4.69, 9.17) is 0 Å². The first-order valence-electron chi connectivity index (χ1n) is 9.71. The molecule has 0 spiro atoms. The number of nitrogens with zero attached hydrogens (tertiary/aromatic N) is 1. The van der Waals surface area contributed by atoms with Gasteiger partial charge in [-0.1, -0.05) is 36.4 Å². The number of fused-ring (bicyclic) bond motifs is 1. The predicted molar refractivity (Wildman–Crippen MR) is 113 cm³/mol. The average Bonchev–Trinajstić information content (AvgIpc) is 3.21. The minimum absolute atomic E-state index is 0.0420. The van der Waals surface area contributed by atoms with Crippen LogP contribution < -0.4 is 5.32 Å². The maximum Gasteiger partial charge on any atom is 0.224 e. The van der Waals surface area contributed by atoms with Crippen LogP contribution in [-0.2, 0) is 17.6 Å². The van der Waals surface area contributed by atoms with Crippen molar-refractivity contribution in [1.29, 1.82) is 0 Å². The molecule has 4 aromatic rings. The van der Waals surface area contributed by atoms with Gasteiger partial charge in [-0.25, -0.2) is 9.37 Å². The van der Waals surface area contributed by atoms with E-state index in [1.165, 1.54) is 17.7 Å². The Morgan fingerprint density at radius 2 is 1.72 bits per heavy atom. The van der Waals surface area contributed by atoms with Crippen molar-refractivity contribution in [3.05, 3.63) is 90.0 Å². The fraction of sp³-hybridized carbons (Fsp3) is 0.167. The number of carbonyl (C=O) groups excluding carboxylic acids is 1. The number of aryl methyl sites for hydroxylation is 1. The first-order chi connectivity index (χ1) is 14.2. The van der Waals surface area contributed by atoms with E-state index >= 15 is 0 Å². The van der Waals surface area contributed by atoms with Crippen molar-refractivity contribution < 1.29 is 9.18 Å². The fourth-order valence-corrected chi connectivity index (χ4v) is 3.33. The Kier molecular flexibility index (Phi) is 5.66. The summed E-state index contributed by atoms with van der Waals surface area (Å²) >= 11 is 0. The third-order valence-electron chi connectivity index (χ3n) is 4.93. The van der Waals surface area contributed by atoms with Crippen LogP contribution in [0.15, 0.2) is 73.1 Å². The van der Waals surface area contributed by atoms with Crippen molar-refractivity contribution in [2.24, 2.45) is 0 Å². The minimum atomic E-state index is -0.290. The van der Waals surface area contributed by atoms with Crippen LogP contribution in [0.2, 0.25) is 0 Å². The Labute approximate surface area is 168 Å². The highest BCUT2D eigenvalue weighted by Crippen LogP contribution is 2.22. The number of halogens is 1. The molecule has 2 heterocycles. The van der Waals surface area contributed by atoms with Crippen molar-refractivity contribution in [2.75, 3.05) is 6.54 Å². The summed E-state index contributed by atoms with van der Waals surface area (Å²) in [5, 5.41) is 4.02. The van der Waals surface area contributed by atoms with Crippen molar-refractivity contribution in [3.63, 3.8) is 0 Å². The van der Waals surface area contributed by atoms with E-state index in [1.807, 2.05) is 18.5 Å². The Morgan fingerprint density at radius 3 is 2.52 bits per heavy atom. The normalized spacial score (nSPS) is 10.9. The predicted octanol–water partition coefficient (Wildman–Crippen LogP) is 4.66. The number of aromatic nitrogens is 2. The maximum atomic E-state index is 12.9. The molecule has 4 nitrogen and oxygen atoms in total. The second kappa shape index (κ2) is 8.69. The number of hydrogen-bond donors (Lipinski definition) is 2. The van der Waals surface area contributed by atoms with Gasteiger partial charge in [-0.3, -0.25) is 4.79 Å². The van der Waals surface area contributed by atoms with Crippen molar-refractivity contribution in [1.82, 2.24) is 15.3 Å². The van der Waals surface area contributed by atoms with E-state index in [0.29, 0.717) is 6.54 Å². The highest BCUT2D eigenvalue weighted by atomic mass is 19.1. The van der Waals surface area contributed by atoms with E-state index in [2.05, 4.69) is 45.6 Å². The van der Waals surface area contributed by atoms with Gasteiger partial charge < -0.3 is 10.3 Å². The van der Waals surface area contributed by atoms with Crippen LogP contribution in [0.4, 0.5) is 4.39 Å². The molecule has 0 atom stereocenters. The zero-order chi connectivity index (χ0) is 20.1. The maximum absolute atomic E-state index is 12.9. The van der Waals surface area contributed by atoms with Crippen molar-refractivity contribution in [2.45, 2.75) is 19.3 Å². The minimum Gasteiger partial charge on any atom is -0.356 e. The SMILES string of the molecule is O=C(Cc1ccc(F)cc1)NCCCc1ccc(-c2cnc3[nH]ccc3c2)cc1. The number of hydrogen-bond acceptors (Lipinski definition) is 2. The molecule has 0 fully saturated rings. The highest BCUT2D eigenvalue weighted by molar-refractivity contribution is 5.81. The van der Waals surface area contributed by atoms with Crippen LogP contribution in [0.3, 0.4) is 0 Å². The van der Waals surface area contributed by atoms with Gasteiger partial charge in [-0.2, -0.15) is 0 Å². The van der Waals surface area contributed by atoms with E-state index in [1.54, 1.807) is 12.1 Å². The number of rotatable bonds is 7. The Bertz CT molecular complexity index is 1100. The summed E-state index contributed by atoms with van der Waals surface area (Å²) in [5.41, 5.74) is 5.17. The quantitative estimate of drug-likeness (QED) is 0.453. The summed E-state index contributed by atoms with van der Waals surface area (Å²) in [6, 6.07) is 18.6. The standard InChI is InChI=1S/C24H22FN3O/c25-22-9-5-18(6-10-22)14-23(29)26-12-1-2-17-3-7-19(8-4-17)21-15-20-11-13-27-24(20)28-16-21/h3-11,13,15-16H,1-2,12,14H2,(H,26,29)(H,27,28). The molecule has 5 heteroatoms. The van der Waals surface area contributed by atoms with E-state index in [9.17, 15) is 9.18 Å². The monoisotopic (exact) mass is 387 g/mol. The number of aromatic amines is 1. The van der Waals surface area contributed by atoms with Crippen LogP contribution >= 0.6 is 0 Å². The average molecular weight is 387 g/mol. The molecule has 0 aliphatic rings. The zero-order valence-electron chi connectivity index (χ0n) is 16.0. The molecule has 29 heavy (non-hydrogen) atoms. The van der Waals surface area contributed by atoms with Crippen LogP contribution in [0.1, 0.15) is 17.5 Å². The lowest BCUT2D eigenvalue weighted by atomic mass is 10.0. The van der Waals surface area contributed by atoms with Gasteiger partial charge >= 0.3 is 0 Å². The third-order valence-corrected chi connectivity index (χ3v) is 4.93. The second-order valence-corrected chi connectivity index (χ2v) is 7.09. The lowest BCUT2D eigenvalue weighted by molar-refractivity contribution is -0.120. The lowest BCUT2D eigenvalue weighted by Gasteiger charge is -2.07. The highest BCUT2D eigenvalue weighted by Gasteiger charge is 2.04. The molecule has 0 saturated carbocycles. The van der Waals surface area contributed by atoms with E-state index in [-0.39, 0.29) is 18.1 Å². The van der Waals surface area contributed by atoms with Crippen molar-refractivity contribution in [3.8, 4) is 11.1 Å². The van der Waals surface area contributed by atoms with Crippen LogP contribution in [0.5, 0.6) is 0 Å². The largest absolute Gasteiger partial charge is 0.356 e. The number of pyridine rings is 1. The van der Waals surface area contributed by atoms with Gasteiger partial charge in [0.1, 0.15) is 11.5 Å². The number of amides is 1. The van der Waals surface area contributed by atoms with E-state index < -0.39 is 0 Å². The number of H-pyrrole nitrogens is 1. The molecule has 146 valence electrons. The van der Waals surface area contributed by atoms with Gasteiger partial charge in [-0.15, -0.1) is 0 Å². The molecule has 4 rings (SSSR count). The summed E-state index contributed by atoms with van der Waals surface area (Å²) in [6.45, 7) is 0.621. The van der Waals surface area contributed by atoms with Gasteiger partial charge in [0, 0.05) is 29.9 Å². The molecular weight excluding hydrogens is 365 g/mol. The van der Waals surface area contributed by atoms with Crippen LogP contribution in [0, 0.1) is 5.82 Å². The van der Waals surface area contributed by atoms with E-state index in [0.717, 1.165) is 40.6 Å². The Hall–Kier alpha value is -3.47. The first kappa shape index (κ1) is 18.9. The molecule has 0 bridgehead atoms. The molecule has 2 aromatic heterocycles. The topological polar surface area (TPSA) is 57.8 Å². The fourth-order valence-electron chi connectivity index (χ4n) is 3.33. The molecule has 2 N–H and O–H groups in total. The summed E-state index contributed by atoms with van der Waals surface area (Å²) in [6.07, 6.45) is 5.81. The molecule has 0 radical (unpaired) electrons. The number of benzene rings is 2. The molecule has 0 aliphatic carbocycles.